The Balaban J connectivity index is 1.33. The van der Waals surface area contributed by atoms with E-state index in [-0.39, 0.29) is 0 Å². The number of nitrogens with zero attached hydrogens (tertiary/aromatic N) is 3. The maximum atomic E-state index is 5.61. The fraction of sp³-hybridized carbons (Fsp3) is 0.524. The number of H-pyrrole nitrogens is 1. The van der Waals surface area contributed by atoms with Gasteiger partial charge in [0.15, 0.2) is 0 Å². The van der Waals surface area contributed by atoms with Crippen molar-refractivity contribution in [3.05, 3.63) is 35.8 Å². The van der Waals surface area contributed by atoms with Gasteiger partial charge >= 0.3 is 0 Å². The first-order chi connectivity index (χ1) is 13.3. The van der Waals surface area contributed by atoms with E-state index in [2.05, 4.69) is 46.6 Å². The normalized spacial score (nSPS) is 29.4. The van der Waals surface area contributed by atoms with Crippen LogP contribution < -0.4 is 5.43 Å². The molecule has 27 heavy (non-hydrogen) atoms. The van der Waals surface area contributed by atoms with Crippen LogP contribution in [0.15, 0.2) is 29.8 Å². The fourth-order valence-electron chi connectivity index (χ4n) is 4.95. The SMILES string of the molecule is C[C@H]1COCCN1C1CCC(c2cnc3[nH]cc(C4=C[NH2+]N=C4)c3c2)CC1. The van der Waals surface area contributed by atoms with E-state index in [0.717, 1.165) is 37.0 Å². The lowest BCUT2D eigenvalue weighted by molar-refractivity contribution is -0.589. The van der Waals surface area contributed by atoms with Crippen molar-refractivity contribution in [2.75, 3.05) is 19.8 Å². The molecule has 1 saturated carbocycles. The van der Waals surface area contributed by atoms with E-state index in [9.17, 15) is 0 Å². The average molecular weight is 366 g/mol. The Hall–Kier alpha value is -2.02. The third-order valence-corrected chi connectivity index (χ3v) is 6.47. The van der Waals surface area contributed by atoms with Crippen molar-refractivity contribution in [2.24, 2.45) is 5.10 Å². The Morgan fingerprint density at radius 3 is 2.93 bits per heavy atom. The standard InChI is InChI=1S/C21H27N5O/c1-14-13-27-7-6-26(14)18-4-2-15(3-5-18)16-8-19-20(17-10-24-25-11-17)12-23-21(19)22-9-16/h8-12,14-15,18H,2-7,13H2,1H3,(H,22,23)(H,24,25)/p+1/t14-,15?,18?/m0/s1. The number of pyridine rings is 1. The predicted octanol–water partition coefficient (Wildman–Crippen LogP) is 2.21. The minimum Gasteiger partial charge on any atom is -0.379 e. The maximum absolute atomic E-state index is 5.61. The largest absolute Gasteiger partial charge is 0.379 e. The number of nitrogens with one attached hydrogen (secondary N) is 1. The molecular weight excluding hydrogens is 338 g/mol. The van der Waals surface area contributed by atoms with Crippen LogP contribution in [0.5, 0.6) is 0 Å². The second-order valence-electron chi connectivity index (χ2n) is 8.08. The highest BCUT2D eigenvalue weighted by Crippen LogP contribution is 2.37. The Kier molecular flexibility index (Phi) is 4.55. The molecule has 0 unspecified atom stereocenters. The van der Waals surface area contributed by atoms with Crippen molar-refractivity contribution in [2.45, 2.75) is 50.6 Å². The second-order valence-corrected chi connectivity index (χ2v) is 8.08. The lowest BCUT2D eigenvalue weighted by Crippen LogP contribution is -2.69. The van der Waals surface area contributed by atoms with Gasteiger partial charge in [-0.15, -0.1) is 0 Å². The number of nitrogens with two attached hydrogens (primary N) is 1. The minimum absolute atomic E-state index is 0.555. The number of rotatable bonds is 3. The Morgan fingerprint density at radius 2 is 2.15 bits per heavy atom. The Labute approximate surface area is 159 Å². The number of ether oxygens (including phenoxy) is 1. The third-order valence-electron chi connectivity index (χ3n) is 6.47. The Bertz CT molecular complexity index is 878. The third kappa shape index (κ3) is 3.22. The number of fused-ring (bicyclic) bond motifs is 1. The first kappa shape index (κ1) is 17.1. The first-order valence-electron chi connectivity index (χ1n) is 10.2. The van der Waals surface area contributed by atoms with Gasteiger partial charge in [-0.1, -0.05) is 5.10 Å². The summed E-state index contributed by atoms with van der Waals surface area (Å²) in [4.78, 5) is 10.7. The quantitative estimate of drug-likeness (QED) is 0.819. The first-order valence-corrected chi connectivity index (χ1v) is 10.2. The van der Waals surface area contributed by atoms with Gasteiger partial charge in [0.25, 0.3) is 0 Å². The molecule has 4 heterocycles. The highest BCUT2D eigenvalue weighted by Gasteiger charge is 2.31. The molecule has 3 N–H and O–H groups in total. The zero-order valence-electron chi connectivity index (χ0n) is 15.9. The van der Waals surface area contributed by atoms with Crippen molar-refractivity contribution in [3.63, 3.8) is 0 Å². The van der Waals surface area contributed by atoms with E-state index in [1.165, 1.54) is 42.2 Å². The summed E-state index contributed by atoms with van der Waals surface area (Å²) in [5, 5.41) is 5.42. The van der Waals surface area contributed by atoms with Crippen LogP contribution in [0.4, 0.5) is 0 Å². The van der Waals surface area contributed by atoms with Crippen LogP contribution in [-0.2, 0) is 4.74 Å². The lowest BCUT2D eigenvalue weighted by atomic mass is 9.81. The predicted molar refractivity (Wildman–Crippen MR) is 106 cm³/mol. The molecule has 0 bridgehead atoms. The molecule has 0 aromatic carbocycles. The van der Waals surface area contributed by atoms with Gasteiger partial charge in [0.1, 0.15) is 11.8 Å². The molecule has 1 saturated heterocycles. The molecule has 2 aromatic heterocycles. The van der Waals surface area contributed by atoms with Crippen molar-refractivity contribution in [1.82, 2.24) is 14.9 Å². The van der Waals surface area contributed by atoms with Crippen LogP contribution in [-0.4, -0.2) is 52.9 Å². The number of hydrogen-bond acceptors (Lipinski definition) is 4. The molecule has 6 heteroatoms. The number of hydrogen-bond donors (Lipinski definition) is 2. The van der Waals surface area contributed by atoms with E-state index < -0.39 is 0 Å². The van der Waals surface area contributed by atoms with Crippen LogP contribution in [0, 0.1) is 0 Å². The summed E-state index contributed by atoms with van der Waals surface area (Å²) in [5.74, 6) is 0.620. The van der Waals surface area contributed by atoms with Gasteiger partial charge in [-0.25, -0.2) is 4.98 Å². The molecule has 142 valence electrons. The zero-order chi connectivity index (χ0) is 18.2. The van der Waals surface area contributed by atoms with E-state index in [0.29, 0.717) is 12.0 Å². The van der Waals surface area contributed by atoms with Crippen LogP contribution in [0.25, 0.3) is 16.6 Å². The summed E-state index contributed by atoms with van der Waals surface area (Å²) in [6, 6.07) is 3.62. The smallest absolute Gasteiger partial charge is 0.137 e. The highest BCUT2D eigenvalue weighted by atomic mass is 16.5. The summed E-state index contributed by atoms with van der Waals surface area (Å²) in [6.07, 6.45) is 13.2. The van der Waals surface area contributed by atoms with Gasteiger partial charge in [0, 0.05) is 42.0 Å². The second kappa shape index (κ2) is 7.19. The van der Waals surface area contributed by atoms with Crippen LogP contribution in [0.3, 0.4) is 0 Å². The molecule has 1 atom stereocenters. The van der Waals surface area contributed by atoms with Crippen molar-refractivity contribution in [3.8, 4) is 0 Å². The number of aromatic amines is 1. The molecule has 6 nitrogen and oxygen atoms in total. The van der Waals surface area contributed by atoms with E-state index >= 15 is 0 Å². The van der Waals surface area contributed by atoms with Gasteiger partial charge in [-0.3, -0.25) is 4.90 Å². The summed E-state index contributed by atoms with van der Waals surface area (Å²) in [5.41, 5.74) is 6.55. The van der Waals surface area contributed by atoms with Crippen molar-refractivity contribution in [1.29, 1.82) is 0 Å². The van der Waals surface area contributed by atoms with E-state index in [1.54, 1.807) is 0 Å². The summed E-state index contributed by atoms with van der Waals surface area (Å²) in [6.45, 7) is 5.16. The van der Waals surface area contributed by atoms with Crippen molar-refractivity contribution < 1.29 is 10.2 Å². The molecule has 5 rings (SSSR count). The van der Waals surface area contributed by atoms with Gasteiger partial charge in [0.2, 0.25) is 0 Å². The van der Waals surface area contributed by atoms with Gasteiger partial charge < -0.3 is 9.72 Å². The molecule has 0 radical (unpaired) electrons. The van der Waals surface area contributed by atoms with Gasteiger partial charge in [0.05, 0.1) is 25.0 Å². The molecule has 1 aliphatic carbocycles. The monoisotopic (exact) mass is 366 g/mol. The average Bonchev–Trinajstić information content (AvgIpc) is 3.37. The van der Waals surface area contributed by atoms with E-state index in [4.69, 9.17) is 9.72 Å². The number of morpholine rings is 1. The number of aromatic nitrogens is 2. The molecule has 2 fully saturated rings. The molecule has 0 amide bonds. The van der Waals surface area contributed by atoms with Crippen molar-refractivity contribution >= 4 is 22.8 Å². The highest BCUT2D eigenvalue weighted by molar-refractivity contribution is 6.14. The fourth-order valence-corrected chi connectivity index (χ4v) is 4.95. The topological polar surface area (TPSA) is 70.1 Å². The number of quaternary nitrogens is 1. The minimum atomic E-state index is 0.555. The Morgan fingerprint density at radius 1 is 1.26 bits per heavy atom. The van der Waals surface area contributed by atoms with Crippen LogP contribution in [0.1, 0.15) is 49.7 Å². The van der Waals surface area contributed by atoms with Gasteiger partial charge in [-0.05, 0) is 50.2 Å². The summed E-state index contributed by atoms with van der Waals surface area (Å²) >= 11 is 0. The van der Waals surface area contributed by atoms with Gasteiger partial charge in [-0.2, -0.15) is 5.43 Å². The maximum Gasteiger partial charge on any atom is 0.137 e. The molecule has 3 aliphatic rings. The van der Waals surface area contributed by atoms with E-state index in [1.807, 2.05) is 11.6 Å². The lowest BCUT2D eigenvalue weighted by Gasteiger charge is -2.42. The number of allylic oxidation sites excluding steroid dienone is 1. The summed E-state index contributed by atoms with van der Waals surface area (Å²) < 4.78 is 5.61. The summed E-state index contributed by atoms with van der Waals surface area (Å²) in [7, 11) is 0. The van der Waals surface area contributed by atoms with Crippen LogP contribution >= 0.6 is 0 Å². The van der Waals surface area contributed by atoms with Crippen LogP contribution in [0.2, 0.25) is 0 Å². The zero-order valence-corrected chi connectivity index (χ0v) is 15.9. The molecule has 2 aliphatic heterocycles. The molecule has 2 aromatic rings. The molecular formula is C21H28N5O+. The molecule has 0 spiro atoms.